The molecule has 0 fully saturated rings. The fourth-order valence-electron chi connectivity index (χ4n) is 1.75. The maximum atomic E-state index is 12.0. The van der Waals surface area contributed by atoms with Crippen LogP contribution in [-0.2, 0) is 0 Å². The van der Waals surface area contributed by atoms with Gasteiger partial charge in [-0.3, -0.25) is 9.78 Å². The molecule has 0 unspecified atom stereocenters. The fourth-order valence-corrected chi connectivity index (χ4v) is 1.75. The first-order chi connectivity index (χ1) is 8.83. The zero-order valence-electron chi connectivity index (χ0n) is 9.42. The molecular weight excluding hydrogens is 228 g/mol. The van der Waals surface area contributed by atoms with E-state index in [1.165, 1.54) is 12.4 Å². The molecule has 0 spiro atoms. The van der Waals surface area contributed by atoms with Crippen molar-refractivity contribution >= 4 is 22.6 Å². The van der Waals surface area contributed by atoms with Gasteiger partial charge in [0.05, 0.1) is 6.20 Å². The average Bonchev–Trinajstić information content (AvgIpc) is 2.87. The molecule has 88 valence electrons. The summed E-state index contributed by atoms with van der Waals surface area (Å²) in [6, 6.07) is 7.40. The summed E-state index contributed by atoms with van der Waals surface area (Å²) in [6.07, 6.45) is 6.44. The summed E-state index contributed by atoms with van der Waals surface area (Å²) in [5.41, 5.74) is 1.60. The third-order valence-electron chi connectivity index (χ3n) is 2.62. The van der Waals surface area contributed by atoms with Crippen LogP contribution in [0.2, 0.25) is 0 Å². The SMILES string of the molecule is O=C(Nc1cnccn1)c1ccc2[nH]ccc2c1. The summed E-state index contributed by atoms with van der Waals surface area (Å²) < 4.78 is 0. The zero-order chi connectivity index (χ0) is 12.4. The molecule has 1 aromatic carbocycles. The number of nitrogens with one attached hydrogen (secondary N) is 2. The predicted octanol–water partition coefficient (Wildman–Crippen LogP) is 2.21. The Labute approximate surface area is 103 Å². The second-order valence-electron chi connectivity index (χ2n) is 3.82. The molecule has 1 amide bonds. The van der Waals surface area contributed by atoms with Crippen LogP contribution in [0.25, 0.3) is 10.9 Å². The Morgan fingerprint density at radius 3 is 3.00 bits per heavy atom. The van der Waals surface area contributed by atoms with Gasteiger partial charge in [0, 0.05) is 35.1 Å². The summed E-state index contributed by atoms with van der Waals surface area (Å²) in [4.78, 5) is 23.0. The number of rotatable bonds is 2. The number of nitrogens with zero attached hydrogens (tertiary/aromatic N) is 2. The molecule has 18 heavy (non-hydrogen) atoms. The lowest BCUT2D eigenvalue weighted by Gasteiger charge is -2.03. The van der Waals surface area contributed by atoms with Crippen LogP contribution in [-0.4, -0.2) is 20.9 Å². The molecule has 0 aliphatic carbocycles. The van der Waals surface area contributed by atoms with Crippen molar-refractivity contribution in [3.63, 3.8) is 0 Å². The Morgan fingerprint density at radius 1 is 1.22 bits per heavy atom. The van der Waals surface area contributed by atoms with Crippen LogP contribution >= 0.6 is 0 Å². The Balaban J connectivity index is 1.87. The highest BCUT2D eigenvalue weighted by molar-refractivity contribution is 6.05. The molecule has 0 atom stereocenters. The molecular formula is C13H10N4O. The van der Waals surface area contributed by atoms with Gasteiger partial charge in [0.15, 0.2) is 5.82 Å². The van der Waals surface area contributed by atoms with Crippen molar-refractivity contribution in [3.05, 3.63) is 54.6 Å². The Morgan fingerprint density at radius 2 is 2.17 bits per heavy atom. The van der Waals surface area contributed by atoms with E-state index in [0.717, 1.165) is 10.9 Å². The van der Waals surface area contributed by atoms with E-state index in [1.54, 1.807) is 12.3 Å². The summed E-state index contributed by atoms with van der Waals surface area (Å²) in [5, 5.41) is 3.69. The molecule has 5 heteroatoms. The second kappa shape index (κ2) is 4.29. The van der Waals surface area contributed by atoms with E-state index in [-0.39, 0.29) is 5.91 Å². The van der Waals surface area contributed by atoms with E-state index in [1.807, 2.05) is 24.4 Å². The summed E-state index contributed by atoms with van der Waals surface area (Å²) in [7, 11) is 0. The van der Waals surface area contributed by atoms with Gasteiger partial charge in [-0.1, -0.05) is 0 Å². The van der Waals surface area contributed by atoms with Crippen molar-refractivity contribution in [1.82, 2.24) is 15.0 Å². The van der Waals surface area contributed by atoms with Crippen molar-refractivity contribution in [3.8, 4) is 0 Å². The van der Waals surface area contributed by atoms with Crippen molar-refractivity contribution in [2.75, 3.05) is 5.32 Å². The quantitative estimate of drug-likeness (QED) is 0.719. The number of anilines is 1. The van der Waals surface area contributed by atoms with Crippen LogP contribution in [0.1, 0.15) is 10.4 Å². The highest BCUT2D eigenvalue weighted by atomic mass is 16.1. The number of hydrogen-bond donors (Lipinski definition) is 2. The second-order valence-corrected chi connectivity index (χ2v) is 3.82. The maximum Gasteiger partial charge on any atom is 0.256 e. The van der Waals surface area contributed by atoms with Crippen molar-refractivity contribution in [2.45, 2.75) is 0 Å². The molecule has 2 N–H and O–H groups in total. The van der Waals surface area contributed by atoms with Gasteiger partial charge < -0.3 is 10.3 Å². The lowest BCUT2D eigenvalue weighted by atomic mass is 10.1. The largest absolute Gasteiger partial charge is 0.361 e. The van der Waals surface area contributed by atoms with Gasteiger partial charge in [0.25, 0.3) is 5.91 Å². The third kappa shape index (κ3) is 1.93. The van der Waals surface area contributed by atoms with Crippen LogP contribution in [0.4, 0.5) is 5.82 Å². The van der Waals surface area contributed by atoms with Gasteiger partial charge in [0.1, 0.15) is 0 Å². The summed E-state index contributed by atoms with van der Waals surface area (Å²) >= 11 is 0. The van der Waals surface area contributed by atoms with E-state index in [0.29, 0.717) is 11.4 Å². The summed E-state index contributed by atoms with van der Waals surface area (Å²) in [5.74, 6) is 0.246. The van der Waals surface area contributed by atoms with E-state index >= 15 is 0 Å². The van der Waals surface area contributed by atoms with Crippen LogP contribution in [0, 0.1) is 0 Å². The van der Waals surface area contributed by atoms with Gasteiger partial charge in [-0.05, 0) is 24.3 Å². The molecule has 0 aliphatic heterocycles. The van der Waals surface area contributed by atoms with Crippen LogP contribution in [0.5, 0.6) is 0 Å². The number of fused-ring (bicyclic) bond motifs is 1. The highest BCUT2D eigenvalue weighted by Gasteiger charge is 2.07. The van der Waals surface area contributed by atoms with Crippen LogP contribution in [0.3, 0.4) is 0 Å². The van der Waals surface area contributed by atoms with Crippen LogP contribution in [0.15, 0.2) is 49.1 Å². The molecule has 0 saturated heterocycles. The van der Waals surface area contributed by atoms with E-state index in [9.17, 15) is 4.79 Å². The van der Waals surface area contributed by atoms with Crippen molar-refractivity contribution < 1.29 is 4.79 Å². The average molecular weight is 238 g/mol. The Hall–Kier alpha value is -2.69. The monoisotopic (exact) mass is 238 g/mol. The predicted molar refractivity (Wildman–Crippen MR) is 68.3 cm³/mol. The van der Waals surface area contributed by atoms with Gasteiger partial charge in [0.2, 0.25) is 0 Å². The van der Waals surface area contributed by atoms with E-state index in [2.05, 4.69) is 20.3 Å². The zero-order valence-corrected chi connectivity index (χ0v) is 9.42. The molecule has 0 bridgehead atoms. The highest BCUT2D eigenvalue weighted by Crippen LogP contribution is 2.15. The van der Waals surface area contributed by atoms with Crippen molar-refractivity contribution in [2.24, 2.45) is 0 Å². The molecule has 3 aromatic rings. The number of aromatic amines is 1. The lowest BCUT2D eigenvalue weighted by Crippen LogP contribution is -2.12. The number of aromatic nitrogens is 3. The lowest BCUT2D eigenvalue weighted by molar-refractivity contribution is 0.102. The van der Waals surface area contributed by atoms with Gasteiger partial charge in [-0.25, -0.2) is 4.98 Å². The molecule has 0 radical (unpaired) electrons. The first kappa shape index (κ1) is 10.5. The Kier molecular flexibility index (Phi) is 2.49. The fraction of sp³-hybridized carbons (Fsp3) is 0. The molecule has 3 rings (SSSR count). The minimum absolute atomic E-state index is 0.196. The first-order valence-electron chi connectivity index (χ1n) is 5.47. The number of hydrogen-bond acceptors (Lipinski definition) is 3. The van der Waals surface area contributed by atoms with Gasteiger partial charge >= 0.3 is 0 Å². The third-order valence-corrected chi connectivity index (χ3v) is 2.62. The smallest absolute Gasteiger partial charge is 0.256 e. The number of H-pyrrole nitrogens is 1. The molecule has 5 nitrogen and oxygen atoms in total. The molecule has 0 aliphatic rings. The maximum absolute atomic E-state index is 12.0. The minimum atomic E-state index is -0.196. The number of carbonyl (C=O) groups excluding carboxylic acids is 1. The first-order valence-corrected chi connectivity index (χ1v) is 5.47. The van der Waals surface area contributed by atoms with Gasteiger partial charge in [-0.2, -0.15) is 0 Å². The topological polar surface area (TPSA) is 70.7 Å². The van der Waals surface area contributed by atoms with E-state index < -0.39 is 0 Å². The standard InChI is InChI=1S/C13H10N4O/c18-13(17-12-8-14-5-6-16-12)10-1-2-11-9(7-10)3-4-15-11/h1-8,15H,(H,16,17,18). The molecule has 2 heterocycles. The molecule has 0 saturated carbocycles. The minimum Gasteiger partial charge on any atom is -0.361 e. The number of benzene rings is 1. The molecule has 2 aromatic heterocycles. The van der Waals surface area contributed by atoms with Crippen LogP contribution < -0.4 is 5.32 Å². The normalized spacial score (nSPS) is 10.4. The number of carbonyl (C=O) groups is 1. The summed E-state index contributed by atoms with van der Waals surface area (Å²) in [6.45, 7) is 0. The van der Waals surface area contributed by atoms with Crippen molar-refractivity contribution in [1.29, 1.82) is 0 Å². The van der Waals surface area contributed by atoms with Gasteiger partial charge in [-0.15, -0.1) is 0 Å². The Bertz CT molecular complexity index is 690. The number of amides is 1. The van der Waals surface area contributed by atoms with E-state index in [4.69, 9.17) is 0 Å².